The second-order valence-electron chi connectivity index (χ2n) is 11.9. The predicted octanol–water partition coefficient (Wildman–Crippen LogP) is 6.51. The minimum atomic E-state index is -0.323. The normalized spacial score (nSPS) is 14.2. The number of hydrogen-bond acceptors (Lipinski definition) is 5. The van der Waals surface area contributed by atoms with E-state index in [1.165, 1.54) is 6.26 Å². The van der Waals surface area contributed by atoms with Crippen molar-refractivity contribution in [3.8, 4) is 5.69 Å². The number of urea groups is 1. The zero-order valence-electron chi connectivity index (χ0n) is 24.4. The third-order valence-corrected chi connectivity index (χ3v) is 7.65. The number of nitrogens with one attached hydrogen (secondary N) is 2. The SMILES string of the molecule is Cc1ccc(-n2nc(C(C)(C)C)cc2NC(=O)Nc2ccccc2CC2CCN(C(=O)c3conc3C)CC2)cc1. The number of piperidine rings is 1. The zero-order valence-corrected chi connectivity index (χ0v) is 24.4. The summed E-state index contributed by atoms with van der Waals surface area (Å²) in [5.41, 5.74) is 5.75. The van der Waals surface area contributed by atoms with Crippen LogP contribution in [0.3, 0.4) is 0 Å². The number of aromatic nitrogens is 3. The number of carbonyl (C=O) groups is 2. The van der Waals surface area contributed by atoms with Gasteiger partial charge in [0.25, 0.3) is 5.91 Å². The Kier molecular flexibility index (Phi) is 7.97. The quantitative estimate of drug-likeness (QED) is 0.283. The van der Waals surface area contributed by atoms with Gasteiger partial charge in [0.2, 0.25) is 0 Å². The van der Waals surface area contributed by atoms with Crippen molar-refractivity contribution >= 4 is 23.4 Å². The van der Waals surface area contributed by atoms with Crippen molar-refractivity contribution in [1.29, 1.82) is 0 Å². The number of benzene rings is 2. The molecule has 2 aromatic heterocycles. The van der Waals surface area contributed by atoms with Crippen LogP contribution in [0.2, 0.25) is 0 Å². The van der Waals surface area contributed by atoms with Gasteiger partial charge in [-0.15, -0.1) is 0 Å². The van der Waals surface area contributed by atoms with E-state index in [2.05, 4.69) is 42.6 Å². The summed E-state index contributed by atoms with van der Waals surface area (Å²) in [6, 6.07) is 17.6. The summed E-state index contributed by atoms with van der Waals surface area (Å²) in [6.07, 6.45) is 4.03. The van der Waals surface area contributed by atoms with Gasteiger partial charge in [0, 0.05) is 30.3 Å². The molecule has 1 aliphatic rings. The number of anilines is 2. The molecule has 0 radical (unpaired) electrons. The van der Waals surface area contributed by atoms with Gasteiger partial charge in [0.05, 0.1) is 17.1 Å². The van der Waals surface area contributed by atoms with Crippen molar-refractivity contribution in [1.82, 2.24) is 19.8 Å². The molecule has 5 rings (SSSR count). The van der Waals surface area contributed by atoms with E-state index in [4.69, 9.17) is 9.62 Å². The topological polar surface area (TPSA) is 105 Å². The largest absolute Gasteiger partial charge is 0.364 e. The minimum absolute atomic E-state index is 0.0274. The summed E-state index contributed by atoms with van der Waals surface area (Å²) in [5.74, 6) is 0.986. The summed E-state index contributed by atoms with van der Waals surface area (Å²) < 4.78 is 6.73. The highest BCUT2D eigenvalue weighted by Gasteiger charge is 2.27. The predicted molar refractivity (Wildman–Crippen MR) is 160 cm³/mol. The van der Waals surface area contributed by atoms with Gasteiger partial charge in [-0.1, -0.05) is 61.8 Å². The highest BCUT2D eigenvalue weighted by Crippen LogP contribution is 2.29. The average molecular weight is 555 g/mol. The lowest BCUT2D eigenvalue weighted by Crippen LogP contribution is -2.39. The molecular formula is C32H38N6O3. The number of amides is 3. The third-order valence-electron chi connectivity index (χ3n) is 7.65. The first kappa shape index (κ1) is 28.1. The fourth-order valence-corrected chi connectivity index (χ4v) is 5.13. The maximum Gasteiger partial charge on any atom is 0.324 e. The molecule has 3 amide bonds. The van der Waals surface area contributed by atoms with E-state index in [1.54, 1.807) is 11.6 Å². The maximum atomic E-state index is 13.3. The molecule has 4 aromatic rings. The number of para-hydroxylation sites is 1. The molecular weight excluding hydrogens is 516 g/mol. The van der Waals surface area contributed by atoms with Gasteiger partial charge in [0.15, 0.2) is 0 Å². The Morgan fingerprint density at radius 2 is 1.71 bits per heavy atom. The van der Waals surface area contributed by atoms with E-state index in [9.17, 15) is 9.59 Å². The lowest BCUT2D eigenvalue weighted by Gasteiger charge is -2.32. The Labute approximate surface area is 240 Å². The van der Waals surface area contributed by atoms with Gasteiger partial charge < -0.3 is 14.7 Å². The van der Waals surface area contributed by atoms with E-state index < -0.39 is 0 Å². The van der Waals surface area contributed by atoms with Gasteiger partial charge >= 0.3 is 6.03 Å². The smallest absolute Gasteiger partial charge is 0.324 e. The van der Waals surface area contributed by atoms with Crippen LogP contribution in [0.25, 0.3) is 5.69 Å². The van der Waals surface area contributed by atoms with Gasteiger partial charge in [-0.05, 0) is 62.8 Å². The van der Waals surface area contributed by atoms with Crippen molar-refractivity contribution in [2.45, 2.75) is 59.3 Å². The molecule has 2 N–H and O–H groups in total. The van der Waals surface area contributed by atoms with Crippen LogP contribution in [0.15, 0.2) is 65.4 Å². The van der Waals surface area contributed by atoms with Crippen molar-refractivity contribution in [3.63, 3.8) is 0 Å². The van der Waals surface area contributed by atoms with E-state index >= 15 is 0 Å². The Balaban J connectivity index is 1.25. The standard InChI is InChI=1S/C32H38N6O3/c1-21-10-12-25(13-11-21)38-29(19-28(35-38)32(3,4)5)34-31(40)33-27-9-7-6-8-24(27)18-23-14-16-37(17-15-23)30(39)26-20-41-36-22(26)2/h6-13,19-20,23H,14-18H2,1-5H3,(H2,33,34,40). The number of aryl methyl sites for hydroxylation is 2. The first-order valence-corrected chi connectivity index (χ1v) is 14.1. The fraction of sp³-hybridized carbons (Fsp3) is 0.375. The molecule has 9 nitrogen and oxygen atoms in total. The highest BCUT2D eigenvalue weighted by molar-refractivity contribution is 6.00. The maximum absolute atomic E-state index is 13.3. The molecule has 1 fully saturated rings. The summed E-state index contributed by atoms with van der Waals surface area (Å²) in [5, 5.41) is 14.7. The first-order valence-electron chi connectivity index (χ1n) is 14.1. The van der Waals surface area contributed by atoms with Crippen LogP contribution in [0.1, 0.15) is 66.5 Å². The fourth-order valence-electron chi connectivity index (χ4n) is 5.13. The molecule has 0 atom stereocenters. The number of carbonyl (C=O) groups excluding carboxylic acids is 2. The van der Waals surface area contributed by atoms with Gasteiger partial charge in [0.1, 0.15) is 17.6 Å². The Morgan fingerprint density at radius 3 is 2.37 bits per heavy atom. The molecule has 3 heterocycles. The second kappa shape index (κ2) is 11.6. The van der Waals surface area contributed by atoms with Gasteiger partial charge in [-0.2, -0.15) is 5.10 Å². The molecule has 1 saturated heterocycles. The van der Waals surface area contributed by atoms with Crippen molar-refractivity contribution in [3.05, 3.63) is 88.9 Å². The van der Waals surface area contributed by atoms with E-state index in [0.29, 0.717) is 36.1 Å². The molecule has 9 heteroatoms. The monoisotopic (exact) mass is 554 g/mol. The Hall–Kier alpha value is -4.40. The summed E-state index contributed by atoms with van der Waals surface area (Å²) in [7, 11) is 0. The van der Waals surface area contributed by atoms with Crippen LogP contribution < -0.4 is 10.6 Å². The molecule has 0 bridgehead atoms. The van der Waals surface area contributed by atoms with Crippen LogP contribution in [0.5, 0.6) is 0 Å². The van der Waals surface area contributed by atoms with Gasteiger partial charge in [-0.3, -0.25) is 10.1 Å². The molecule has 214 valence electrons. The number of rotatable bonds is 6. The summed E-state index contributed by atoms with van der Waals surface area (Å²) >= 11 is 0. The number of nitrogens with zero attached hydrogens (tertiary/aromatic N) is 4. The van der Waals surface area contributed by atoms with E-state index in [0.717, 1.165) is 47.5 Å². The van der Waals surface area contributed by atoms with E-state index in [-0.39, 0.29) is 17.4 Å². The summed E-state index contributed by atoms with van der Waals surface area (Å²) in [4.78, 5) is 28.0. The lowest BCUT2D eigenvalue weighted by molar-refractivity contribution is 0.0689. The molecule has 0 aliphatic carbocycles. The van der Waals surface area contributed by atoms with E-state index in [1.807, 2.05) is 60.4 Å². The van der Waals surface area contributed by atoms with Crippen LogP contribution in [0.4, 0.5) is 16.3 Å². The van der Waals surface area contributed by atoms with Crippen LogP contribution in [-0.2, 0) is 11.8 Å². The number of hydrogen-bond donors (Lipinski definition) is 2. The van der Waals surface area contributed by atoms with Crippen molar-refractivity contribution in [2.75, 3.05) is 23.7 Å². The Bertz CT molecular complexity index is 1520. The Morgan fingerprint density at radius 1 is 1.00 bits per heavy atom. The van der Waals surface area contributed by atoms with Crippen LogP contribution in [0, 0.1) is 19.8 Å². The van der Waals surface area contributed by atoms with Gasteiger partial charge in [-0.25, -0.2) is 9.48 Å². The highest BCUT2D eigenvalue weighted by atomic mass is 16.5. The molecule has 0 saturated carbocycles. The molecule has 2 aromatic carbocycles. The average Bonchev–Trinajstić information content (AvgIpc) is 3.56. The van der Waals surface area contributed by atoms with Crippen LogP contribution in [-0.4, -0.2) is 44.9 Å². The van der Waals surface area contributed by atoms with Crippen LogP contribution >= 0.6 is 0 Å². The molecule has 0 spiro atoms. The third kappa shape index (κ3) is 6.51. The first-order chi connectivity index (χ1) is 19.6. The molecule has 41 heavy (non-hydrogen) atoms. The summed E-state index contributed by atoms with van der Waals surface area (Å²) in [6.45, 7) is 11.5. The number of likely N-dealkylation sites (tertiary alicyclic amines) is 1. The van der Waals surface area contributed by atoms with Crippen molar-refractivity contribution in [2.24, 2.45) is 5.92 Å². The minimum Gasteiger partial charge on any atom is -0.364 e. The zero-order chi connectivity index (χ0) is 29.1. The lowest BCUT2D eigenvalue weighted by atomic mass is 9.89. The molecule has 1 aliphatic heterocycles. The molecule has 0 unspecified atom stereocenters. The second-order valence-corrected chi connectivity index (χ2v) is 11.9. The van der Waals surface area contributed by atoms with Crippen molar-refractivity contribution < 1.29 is 14.1 Å².